The zero-order valence-corrected chi connectivity index (χ0v) is 15.6. The lowest BCUT2D eigenvalue weighted by Gasteiger charge is -2.16. The lowest BCUT2D eigenvalue weighted by molar-refractivity contribution is -0.117. The van der Waals surface area contributed by atoms with Crippen molar-refractivity contribution in [2.24, 2.45) is 0 Å². The molecule has 0 spiro atoms. The third-order valence-corrected chi connectivity index (χ3v) is 4.44. The maximum atomic E-state index is 12.6. The predicted octanol–water partition coefficient (Wildman–Crippen LogP) is 4.12. The minimum absolute atomic E-state index is 0.104. The van der Waals surface area contributed by atoms with Crippen molar-refractivity contribution in [3.63, 3.8) is 0 Å². The van der Waals surface area contributed by atoms with Gasteiger partial charge < -0.3 is 14.4 Å². The highest BCUT2D eigenvalue weighted by Gasteiger charge is 2.22. The SMILES string of the molecule is CCOc1cccc(C=CC(=O)c2cccc(N3CCCC3=O)c2)c1OC. The molecule has 0 atom stereocenters. The van der Waals surface area contributed by atoms with E-state index in [0.717, 1.165) is 17.7 Å². The van der Waals surface area contributed by atoms with E-state index in [1.165, 1.54) is 6.08 Å². The number of para-hydroxylation sites is 1. The highest BCUT2D eigenvalue weighted by Crippen LogP contribution is 2.32. The molecule has 5 nitrogen and oxygen atoms in total. The normalized spacial score (nSPS) is 14.0. The fourth-order valence-corrected chi connectivity index (χ4v) is 3.16. The van der Waals surface area contributed by atoms with Gasteiger partial charge in [-0.15, -0.1) is 0 Å². The van der Waals surface area contributed by atoms with Gasteiger partial charge in [0.25, 0.3) is 0 Å². The molecule has 1 saturated heterocycles. The van der Waals surface area contributed by atoms with Gasteiger partial charge in [0.05, 0.1) is 13.7 Å². The van der Waals surface area contributed by atoms with Gasteiger partial charge in [0, 0.05) is 29.8 Å². The molecule has 1 fully saturated rings. The van der Waals surface area contributed by atoms with Crippen molar-refractivity contribution in [2.75, 3.05) is 25.2 Å². The molecule has 0 aliphatic carbocycles. The first kappa shape index (κ1) is 18.7. The van der Waals surface area contributed by atoms with E-state index in [4.69, 9.17) is 9.47 Å². The van der Waals surface area contributed by atoms with Crippen molar-refractivity contribution in [1.82, 2.24) is 0 Å². The molecular weight excluding hydrogens is 342 g/mol. The van der Waals surface area contributed by atoms with Gasteiger partial charge in [-0.25, -0.2) is 0 Å². The molecule has 1 aliphatic rings. The van der Waals surface area contributed by atoms with Gasteiger partial charge in [0.1, 0.15) is 0 Å². The quantitative estimate of drug-likeness (QED) is 0.547. The van der Waals surface area contributed by atoms with E-state index < -0.39 is 0 Å². The van der Waals surface area contributed by atoms with Gasteiger partial charge in [-0.2, -0.15) is 0 Å². The minimum Gasteiger partial charge on any atom is -0.492 e. The lowest BCUT2D eigenvalue weighted by atomic mass is 10.1. The van der Waals surface area contributed by atoms with E-state index in [1.54, 1.807) is 36.3 Å². The van der Waals surface area contributed by atoms with Crippen LogP contribution < -0.4 is 14.4 Å². The molecular formula is C22H23NO4. The van der Waals surface area contributed by atoms with Gasteiger partial charge in [-0.05, 0) is 43.7 Å². The second-order valence-electron chi connectivity index (χ2n) is 6.21. The number of rotatable bonds is 7. The molecule has 5 heteroatoms. The molecule has 1 aliphatic heterocycles. The highest BCUT2D eigenvalue weighted by atomic mass is 16.5. The number of carbonyl (C=O) groups is 2. The topological polar surface area (TPSA) is 55.8 Å². The average molecular weight is 365 g/mol. The van der Waals surface area contributed by atoms with Crippen LogP contribution in [0.15, 0.2) is 48.5 Å². The van der Waals surface area contributed by atoms with Crippen LogP contribution in [0.25, 0.3) is 6.08 Å². The largest absolute Gasteiger partial charge is 0.492 e. The highest BCUT2D eigenvalue weighted by molar-refractivity contribution is 6.08. The summed E-state index contributed by atoms with van der Waals surface area (Å²) in [4.78, 5) is 26.3. The second kappa shape index (κ2) is 8.54. The maximum Gasteiger partial charge on any atom is 0.227 e. The minimum atomic E-state index is -0.132. The van der Waals surface area contributed by atoms with E-state index >= 15 is 0 Å². The first-order valence-electron chi connectivity index (χ1n) is 9.06. The number of ketones is 1. The summed E-state index contributed by atoms with van der Waals surface area (Å²) in [5.74, 6) is 1.21. The van der Waals surface area contributed by atoms with Gasteiger partial charge in [0.2, 0.25) is 5.91 Å². The van der Waals surface area contributed by atoms with Crippen molar-refractivity contribution < 1.29 is 19.1 Å². The second-order valence-corrected chi connectivity index (χ2v) is 6.21. The maximum absolute atomic E-state index is 12.6. The number of benzene rings is 2. The Bertz CT molecular complexity index is 872. The summed E-state index contributed by atoms with van der Waals surface area (Å²) < 4.78 is 11.0. The number of carbonyl (C=O) groups excluding carboxylic acids is 2. The number of allylic oxidation sites excluding steroid dienone is 1. The van der Waals surface area contributed by atoms with Crippen molar-refractivity contribution in [3.05, 3.63) is 59.7 Å². The summed E-state index contributed by atoms with van der Waals surface area (Å²) in [5.41, 5.74) is 2.08. The lowest BCUT2D eigenvalue weighted by Crippen LogP contribution is -2.23. The van der Waals surface area contributed by atoms with Gasteiger partial charge in [-0.1, -0.05) is 24.3 Å². The molecule has 2 aromatic rings. The fraction of sp³-hybridized carbons (Fsp3) is 0.273. The number of hydrogen-bond donors (Lipinski definition) is 0. The summed E-state index contributed by atoms with van der Waals surface area (Å²) in [6.45, 7) is 3.14. The predicted molar refractivity (Wildman–Crippen MR) is 106 cm³/mol. The van der Waals surface area contributed by atoms with E-state index in [0.29, 0.717) is 36.6 Å². The van der Waals surface area contributed by atoms with Gasteiger partial charge in [-0.3, -0.25) is 9.59 Å². The first-order chi connectivity index (χ1) is 13.1. The van der Waals surface area contributed by atoms with Crippen molar-refractivity contribution in [2.45, 2.75) is 19.8 Å². The Kier molecular flexibility index (Phi) is 5.91. The summed E-state index contributed by atoms with van der Waals surface area (Å²) in [6.07, 6.45) is 4.65. The van der Waals surface area contributed by atoms with E-state index in [-0.39, 0.29) is 11.7 Å². The van der Waals surface area contributed by atoms with Crippen LogP contribution in [0.1, 0.15) is 35.7 Å². The smallest absolute Gasteiger partial charge is 0.227 e. The number of anilines is 1. The molecule has 1 heterocycles. The molecule has 27 heavy (non-hydrogen) atoms. The monoisotopic (exact) mass is 365 g/mol. The summed E-state index contributed by atoms with van der Waals surface area (Å²) in [6, 6.07) is 12.7. The molecule has 0 aromatic heterocycles. The Balaban J connectivity index is 1.82. The Morgan fingerprint density at radius 2 is 2.04 bits per heavy atom. The number of hydrogen-bond acceptors (Lipinski definition) is 4. The van der Waals surface area contributed by atoms with Crippen LogP contribution >= 0.6 is 0 Å². The average Bonchev–Trinajstić information content (AvgIpc) is 3.12. The van der Waals surface area contributed by atoms with E-state index in [9.17, 15) is 9.59 Å². The summed E-state index contributed by atoms with van der Waals surface area (Å²) in [5, 5.41) is 0. The molecule has 3 rings (SSSR count). The molecule has 140 valence electrons. The summed E-state index contributed by atoms with van der Waals surface area (Å²) >= 11 is 0. The van der Waals surface area contributed by atoms with Gasteiger partial charge >= 0.3 is 0 Å². The zero-order valence-electron chi connectivity index (χ0n) is 15.6. The van der Waals surface area contributed by atoms with Gasteiger partial charge in [0.15, 0.2) is 17.3 Å². The summed E-state index contributed by atoms with van der Waals surface area (Å²) in [7, 11) is 1.58. The molecule has 0 saturated carbocycles. The molecule has 2 aromatic carbocycles. The van der Waals surface area contributed by atoms with Crippen LogP contribution in [0, 0.1) is 0 Å². The van der Waals surface area contributed by atoms with Crippen LogP contribution in [-0.4, -0.2) is 32.0 Å². The number of nitrogens with zero attached hydrogens (tertiary/aromatic N) is 1. The van der Waals surface area contributed by atoms with Crippen LogP contribution in [-0.2, 0) is 4.79 Å². The van der Waals surface area contributed by atoms with Crippen LogP contribution in [0.4, 0.5) is 5.69 Å². The Morgan fingerprint density at radius 3 is 2.74 bits per heavy atom. The van der Waals surface area contributed by atoms with Crippen LogP contribution in [0.3, 0.4) is 0 Å². The Hall–Kier alpha value is -3.08. The van der Waals surface area contributed by atoms with Crippen molar-refractivity contribution in [3.8, 4) is 11.5 Å². The number of amides is 1. The van der Waals surface area contributed by atoms with E-state index in [1.807, 2.05) is 31.2 Å². The van der Waals surface area contributed by atoms with Crippen molar-refractivity contribution >= 4 is 23.5 Å². The molecule has 0 N–H and O–H groups in total. The molecule has 0 radical (unpaired) electrons. The number of methoxy groups -OCH3 is 1. The standard InChI is InChI=1S/C22H23NO4/c1-3-27-20-10-5-7-16(22(20)26-2)12-13-19(24)17-8-4-9-18(15-17)23-14-6-11-21(23)25/h4-5,7-10,12-13,15H,3,6,11,14H2,1-2H3. The van der Waals surface area contributed by atoms with Crippen LogP contribution in [0.2, 0.25) is 0 Å². The third kappa shape index (κ3) is 4.19. The number of ether oxygens (including phenoxy) is 2. The van der Waals surface area contributed by atoms with E-state index in [2.05, 4.69) is 0 Å². The molecule has 0 unspecified atom stereocenters. The molecule has 1 amide bonds. The van der Waals surface area contributed by atoms with Crippen LogP contribution in [0.5, 0.6) is 11.5 Å². The van der Waals surface area contributed by atoms with Crippen molar-refractivity contribution in [1.29, 1.82) is 0 Å². The molecule has 0 bridgehead atoms. The fourth-order valence-electron chi connectivity index (χ4n) is 3.16. The Morgan fingerprint density at radius 1 is 1.22 bits per heavy atom. The Labute approximate surface area is 159 Å². The third-order valence-electron chi connectivity index (χ3n) is 4.44. The first-order valence-corrected chi connectivity index (χ1v) is 9.06. The zero-order chi connectivity index (χ0) is 19.2.